The molecule has 1 unspecified atom stereocenters. The van der Waals surface area contributed by atoms with Gasteiger partial charge in [0.05, 0.1) is 17.9 Å². The molecule has 3 N–H and O–H groups in total. The molecule has 0 bridgehead atoms. The minimum Gasteiger partial charge on any atom is -0.459 e. The lowest BCUT2D eigenvalue weighted by atomic mass is 9.84. The molecule has 8 nitrogen and oxygen atoms in total. The van der Waals surface area contributed by atoms with Crippen molar-refractivity contribution in [2.24, 2.45) is 0 Å². The van der Waals surface area contributed by atoms with Crippen LogP contribution in [-0.4, -0.2) is 31.1 Å². The maximum absolute atomic E-state index is 12.4. The van der Waals surface area contributed by atoms with Gasteiger partial charge in [0.15, 0.2) is 5.65 Å². The van der Waals surface area contributed by atoms with E-state index in [9.17, 15) is 9.90 Å². The minimum absolute atomic E-state index is 0.0912. The van der Waals surface area contributed by atoms with Crippen molar-refractivity contribution in [3.8, 4) is 17.0 Å². The molecule has 5 aromatic rings. The Morgan fingerprint density at radius 3 is 2.57 bits per heavy atom. The molecule has 3 aromatic carbocycles. The molecule has 0 fully saturated rings. The summed E-state index contributed by atoms with van der Waals surface area (Å²) in [6.07, 6.45) is 2.36. The predicted octanol–water partition coefficient (Wildman–Crippen LogP) is 4.35. The van der Waals surface area contributed by atoms with Gasteiger partial charge in [-0.25, -0.2) is 14.6 Å². The van der Waals surface area contributed by atoms with Crippen LogP contribution in [0.2, 0.25) is 0 Å². The SMILES string of the molecule is Nc1ncnc2c1c(-c1cccc(CO)c1)nn2CC1=C(c2ccccc2)C(C=O)c2ccccc2O1. The fourth-order valence-corrected chi connectivity index (χ4v) is 4.86. The number of nitrogen functional groups attached to an aromatic ring is 1. The molecular formula is C29H23N5O3. The molecule has 0 amide bonds. The fourth-order valence-electron chi connectivity index (χ4n) is 4.86. The summed E-state index contributed by atoms with van der Waals surface area (Å²) in [5.41, 5.74) is 11.5. The summed E-state index contributed by atoms with van der Waals surface area (Å²) < 4.78 is 8.14. The molecule has 1 atom stereocenters. The summed E-state index contributed by atoms with van der Waals surface area (Å²) in [5.74, 6) is 1.04. The second kappa shape index (κ2) is 9.33. The Morgan fingerprint density at radius 2 is 1.76 bits per heavy atom. The number of nitrogens with two attached hydrogens (primary N) is 1. The summed E-state index contributed by atoms with van der Waals surface area (Å²) in [5, 5.41) is 15.1. The van der Waals surface area contributed by atoms with Crippen LogP contribution in [0.1, 0.15) is 22.6 Å². The summed E-state index contributed by atoms with van der Waals surface area (Å²) in [6.45, 7) is 0.127. The lowest BCUT2D eigenvalue weighted by Crippen LogP contribution is -2.20. The van der Waals surface area contributed by atoms with Crippen LogP contribution in [0.15, 0.2) is 90.9 Å². The van der Waals surface area contributed by atoms with Crippen molar-refractivity contribution in [3.63, 3.8) is 0 Å². The number of hydrogen-bond acceptors (Lipinski definition) is 7. The van der Waals surface area contributed by atoms with Gasteiger partial charge in [0.1, 0.15) is 42.2 Å². The lowest BCUT2D eigenvalue weighted by molar-refractivity contribution is -0.108. The Bertz CT molecular complexity index is 1660. The van der Waals surface area contributed by atoms with Crippen molar-refractivity contribution in [1.29, 1.82) is 0 Å². The Balaban J connectivity index is 1.55. The largest absolute Gasteiger partial charge is 0.459 e. The third-order valence-electron chi connectivity index (χ3n) is 6.55. The minimum atomic E-state index is -0.496. The van der Waals surface area contributed by atoms with Crippen LogP contribution in [0, 0.1) is 0 Å². The van der Waals surface area contributed by atoms with Gasteiger partial charge in [-0.05, 0) is 23.3 Å². The van der Waals surface area contributed by atoms with Crippen molar-refractivity contribution in [1.82, 2.24) is 19.7 Å². The lowest BCUT2D eigenvalue weighted by Gasteiger charge is -2.28. The van der Waals surface area contributed by atoms with Crippen LogP contribution in [0.5, 0.6) is 5.75 Å². The Kier molecular flexibility index (Phi) is 5.71. The highest BCUT2D eigenvalue weighted by atomic mass is 16.5. The molecule has 182 valence electrons. The zero-order chi connectivity index (χ0) is 25.4. The van der Waals surface area contributed by atoms with Gasteiger partial charge >= 0.3 is 0 Å². The smallest absolute Gasteiger partial charge is 0.164 e. The standard InChI is InChI=1S/C29H23N5O3/c30-28-26-27(20-10-6-7-18(13-20)15-35)33-34(29(26)32-17-31-28)14-24-25(19-8-2-1-3-9-19)22(16-36)21-11-4-5-12-23(21)37-24/h1-13,16-17,22,35H,14-15H2,(H2,30,31,32). The fraction of sp³-hybridized carbons (Fsp3) is 0.103. The van der Waals surface area contributed by atoms with Gasteiger partial charge in [0.25, 0.3) is 0 Å². The first-order valence-corrected chi connectivity index (χ1v) is 11.9. The zero-order valence-electron chi connectivity index (χ0n) is 19.8. The number of fused-ring (bicyclic) bond motifs is 2. The summed E-state index contributed by atoms with van der Waals surface area (Å²) >= 11 is 0. The maximum Gasteiger partial charge on any atom is 0.164 e. The predicted molar refractivity (Wildman–Crippen MR) is 140 cm³/mol. The van der Waals surface area contributed by atoms with Crippen LogP contribution in [0.25, 0.3) is 27.9 Å². The van der Waals surface area contributed by atoms with E-state index in [0.29, 0.717) is 34.1 Å². The quantitative estimate of drug-likeness (QED) is 0.341. The molecule has 0 aliphatic carbocycles. The number of aliphatic hydroxyl groups is 1. The highest BCUT2D eigenvalue weighted by molar-refractivity contribution is 5.98. The number of allylic oxidation sites excluding steroid dienone is 2. The van der Waals surface area contributed by atoms with Crippen molar-refractivity contribution in [2.45, 2.75) is 19.1 Å². The second-order valence-electron chi connectivity index (χ2n) is 8.78. The van der Waals surface area contributed by atoms with Crippen molar-refractivity contribution in [3.05, 3.63) is 108 Å². The summed E-state index contributed by atoms with van der Waals surface area (Å²) in [4.78, 5) is 21.1. The number of benzene rings is 3. The van der Waals surface area contributed by atoms with E-state index in [1.165, 1.54) is 6.33 Å². The molecule has 3 heterocycles. The molecule has 0 saturated carbocycles. The molecule has 1 aliphatic rings. The van der Waals surface area contributed by atoms with E-state index in [1.54, 1.807) is 4.68 Å². The first-order chi connectivity index (χ1) is 18.2. The van der Waals surface area contributed by atoms with E-state index < -0.39 is 5.92 Å². The average molecular weight is 490 g/mol. The van der Waals surface area contributed by atoms with Crippen LogP contribution < -0.4 is 10.5 Å². The van der Waals surface area contributed by atoms with Crippen LogP contribution in [0.3, 0.4) is 0 Å². The monoisotopic (exact) mass is 489 g/mol. The number of anilines is 1. The van der Waals surface area contributed by atoms with E-state index in [2.05, 4.69) is 9.97 Å². The first-order valence-electron chi connectivity index (χ1n) is 11.9. The number of aldehydes is 1. The van der Waals surface area contributed by atoms with Gasteiger partial charge in [-0.1, -0.05) is 66.7 Å². The van der Waals surface area contributed by atoms with Gasteiger partial charge in [0, 0.05) is 16.7 Å². The molecule has 0 spiro atoms. The van der Waals surface area contributed by atoms with Crippen LogP contribution >= 0.6 is 0 Å². The van der Waals surface area contributed by atoms with Crippen LogP contribution in [0.4, 0.5) is 5.82 Å². The Hall–Kier alpha value is -4.82. The van der Waals surface area contributed by atoms with Crippen LogP contribution in [-0.2, 0) is 17.9 Å². The first kappa shape index (κ1) is 22.6. The third-order valence-corrected chi connectivity index (χ3v) is 6.55. The average Bonchev–Trinajstić information content (AvgIpc) is 3.32. The molecule has 2 aromatic heterocycles. The molecule has 1 aliphatic heterocycles. The van der Waals surface area contributed by atoms with Gasteiger partial charge in [0.2, 0.25) is 0 Å². The van der Waals surface area contributed by atoms with Gasteiger partial charge in [-0.2, -0.15) is 5.10 Å². The van der Waals surface area contributed by atoms with Crippen molar-refractivity contribution < 1.29 is 14.6 Å². The van der Waals surface area contributed by atoms with E-state index >= 15 is 0 Å². The highest BCUT2D eigenvalue weighted by Gasteiger charge is 2.31. The normalized spacial score (nSPS) is 14.9. The molecule has 6 rings (SSSR count). The topological polar surface area (TPSA) is 116 Å². The second-order valence-corrected chi connectivity index (χ2v) is 8.78. The number of para-hydroxylation sites is 1. The van der Waals surface area contributed by atoms with Gasteiger partial charge < -0.3 is 20.4 Å². The Labute approximate surface area is 212 Å². The highest BCUT2D eigenvalue weighted by Crippen LogP contribution is 2.43. The van der Waals surface area contributed by atoms with E-state index in [4.69, 9.17) is 15.6 Å². The number of ether oxygens (including phenoxy) is 1. The molecular weight excluding hydrogens is 466 g/mol. The number of aliphatic hydroxyl groups excluding tert-OH is 1. The summed E-state index contributed by atoms with van der Waals surface area (Å²) in [6, 6.07) is 24.8. The molecule has 0 saturated heterocycles. The number of carbonyl (C=O) groups excluding carboxylic acids is 1. The number of carbonyl (C=O) groups is 1. The van der Waals surface area contributed by atoms with E-state index in [-0.39, 0.29) is 13.2 Å². The zero-order valence-corrected chi connectivity index (χ0v) is 19.8. The number of nitrogens with zero attached hydrogens (tertiary/aromatic N) is 4. The number of rotatable bonds is 6. The number of aromatic nitrogens is 4. The van der Waals surface area contributed by atoms with E-state index in [1.807, 2.05) is 78.9 Å². The van der Waals surface area contributed by atoms with Crippen molar-refractivity contribution >= 4 is 28.7 Å². The molecule has 0 radical (unpaired) electrons. The molecule has 37 heavy (non-hydrogen) atoms. The third kappa shape index (κ3) is 3.93. The Morgan fingerprint density at radius 1 is 0.973 bits per heavy atom. The summed E-state index contributed by atoms with van der Waals surface area (Å²) in [7, 11) is 0. The van der Waals surface area contributed by atoms with E-state index in [0.717, 1.165) is 34.1 Å². The van der Waals surface area contributed by atoms with Crippen molar-refractivity contribution in [2.75, 3.05) is 5.73 Å². The van der Waals surface area contributed by atoms with Gasteiger partial charge in [-0.15, -0.1) is 0 Å². The maximum atomic E-state index is 12.4. The number of hydrogen-bond donors (Lipinski definition) is 2. The van der Waals surface area contributed by atoms with Gasteiger partial charge in [-0.3, -0.25) is 0 Å². The molecule has 8 heteroatoms.